The van der Waals surface area contributed by atoms with Gasteiger partial charge >= 0.3 is 0 Å². The van der Waals surface area contributed by atoms with Gasteiger partial charge in [0, 0.05) is 16.1 Å². The van der Waals surface area contributed by atoms with Gasteiger partial charge in [-0.25, -0.2) is 8.78 Å². The quantitative estimate of drug-likeness (QED) is 0.778. The summed E-state index contributed by atoms with van der Waals surface area (Å²) in [5, 5.41) is 15.4. The maximum Gasteiger partial charge on any atom is 0.159 e. The summed E-state index contributed by atoms with van der Waals surface area (Å²) in [6.45, 7) is 0.159. The Bertz CT molecular complexity index is 803. The molecule has 0 aliphatic carbocycles. The fraction of sp³-hybridized carbons (Fsp3) is 0.133. The van der Waals surface area contributed by atoms with Gasteiger partial charge in [-0.1, -0.05) is 28.1 Å². The molecule has 3 rings (SSSR count). The zero-order valence-electron chi connectivity index (χ0n) is 10.8. The first-order valence-corrected chi connectivity index (χ1v) is 7.08. The lowest BCUT2D eigenvalue weighted by atomic mass is 10.1. The summed E-state index contributed by atoms with van der Waals surface area (Å²) in [5.74, 6) is -1.90. The molecule has 0 spiro atoms. The fourth-order valence-corrected chi connectivity index (χ4v) is 2.61. The van der Waals surface area contributed by atoms with Crippen molar-refractivity contribution < 1.29 is 13.9 Å². The molecule has 0 radical (unpaired) electrons. The average Bonchev–Trinajstić information content (AvgIpc) is 2.86. The van der Waals surface area contributed by atoms with Crippen molar-refractivity contribution in [3.8, 4) is 0 Å². The predicted octanol–water partition coefficient (Wildman–Crippen LogP) is 3.81. The molecule has 1 heterocycles. The van der Waals surface area contributed by atoms with E-state index in [2.05, 4.69) is 21.0 Å². The third-order valence-corrected chi connectivity index (χ3v) is 3.92. The minimum absolute atomic E-state index is 0.159. The van der Waals surface area contributed by atoms with Crippen molar-refractivity contribution in [2.45, 2.75) is 12.6 Å². The van der Waals surface area contributed by atoms with E-state index in [1.54, 1.807) is 10.9 Å². The van der Waals surface area contributed by atoms with E-state index in [1.807, 2.05) is 18.2 Å². The molecule has 0 unspecified atom stereocenters. The van der Waals surface area contributed by atoms with Crippen LogP contribution in [0.5, 0.6) is 0 Å². The number of nitrogens with zero attached hydrogens (tertiary/aromatic N) is 2. The first-order valence-electron chi connectivity index (χ1n) is 6.29. The van der Waals surface area contributed by atoms with E-state index >= 15 is 0 Å². The highest BCUT2D eigenvalue weighted by Crippen LogP contribution is 2.24. The number of hydrogen-bond acceptors (Lipinski definition) is 2. The van der Waals surface area contributed by atoms with Crippen LogP contribution in [0.25, 0.3) is 10.9 Å². The van der Waals surface area contributed by atoms with Gasteiger partial charge < -0.3 is 5.11 Å². The molecule has 0 saturated heterocycles. The van der Waals surface area contributed by atoms with E-state index in [9.17, 15) is 13.9 Å². The number of fused-ring (bicyclic) bond motifs is 1. The van der Waals surface area contributed by atoms with Crippen LogP contribution in [0.3, 0.4) is 0 Å². The minimum atomic E-state index is -0.972. The summed E-state index contributed by atoms with van der Waals surface area (Å²) in [7, 11) is 0. The lowest BCUT2D eigenvalue weighted by molar-refractivity contribution is 0.151. The van der Waals surface area contributed by atoms with Gasteiger partial charge in [0.2, 0.25) is 0 Å². The van der Waals surface area contributed by atoms with E-state index in [0.29, 0.717) is 5.56 Å². The largest absolute Gasteiger partial charge is 0.386 e. The Morgan fingerprint density at radius 3 is 2.71 bits per heavy atom. The molecule has 6 heteroatoms. The molecule has 3 nitrogen and oxygen atoms in total. The summed E-state index contributed by atoms with van der Waals surface area (Å²) in [4.78, 5) is 0. The minimum Gasteiger partial charge on any atom is -0.386 e. The van der Waals surface area contributed by atoms with Crippen LogP contribution in [0.1, 0.15) is 11.7 Å². The number of rotatable bonds is 3. The summed E-state index contributed by atoms with van der Waals surface area (Å²) in [6.07, 6.45) is 0.830. The third kappa shape index (κ3) is 2.82. The SMILES string of the molecule is O[C@@H](Cn1cc2c(Br)cccc2n1)c1ccc(F)c(F)c1. The maximum atomic E-state index is 13.2. The highest BCUT2D eigenvalue weighted by molar-refractivity contribution is 9.10. The van der Waals surface area contributed by atoms with Crippen molar-refractivity contribution in [3.63, 3.8) is 0 Å². The molecule has 0 aliphatic heterocycles. The van der Waals surface area contributed by atoms with Crippen LogP contribution in [0.2, 0.25) is 0 Å². The van der Waals surface area contributed by atoms with Crippen molar-refractivity contribution in [3.05, 3.63) is 64.3 Å². The second-order valence-corrected chi connectivity index (χ2v) is 5.57. The van der Waals surface area contributed by atoms with Crippen LogP contribution in [-0.2, 0) is 6.54 Å². The van der Waals surface area contributed by atoms with Crippen molar-refractivity contribution in [1.29, 1.82) is 0 Å². The number of hydrogen-bond donors (Lipinski definition) is 1. The Balaban J connectivity index is 1.87. The monoisotopic (exact) mass is 352 g/mol. The lowest BCUT2D eigenvalue weighted by Gasteiger charge is -2.11. The predicted molar refractivity (Wildman–Crippen MR) is 78.8 cm³/mol. The molecule has 0 fully saturated rings. The molecule has 1 aromatic heterocycles. The summed E-state index contributed by atoms with van der Waals surface area (Å²) < 4.78 is 28.6. The number of benzene rings is 2. The van der Waals surface area contributed by atoms with E-state index in [1.165, 1.54) is 6.07 Å². The van der Waals surface area contributed by atoms with Crippen LogP contribution >= 0.6 is 15.9 Å². The van der Waals surface area contributed by atoms with Crippen LogP contribution in [0.15, 0.2) is 47.1 Å². The van der Waals surface area contributed by atoms with Crippen molar-refractivity contribution in [1.82, 2.24) is 9.78 Å². The van der Waals surface area contributed by atoms with E-state index < -0.39 is 17.7 Å². The number of aromatic nitrogens is 2. The Morgan fingerprint density at radius 2 is 2.00 bits per heavy atom. The molecular weight excluding hydrogens is 342 g/mol. The van der Waals surface area contributed by atoms with Crippen molar-refractivity contribution >= 4 is 26.8 Å². The van der Waals surface area contributed by atoms with Crippen molar-refractivity contribution in [2.24, 2.45) is 0 Å². The van der Waals surface area contributed by atoms with Crippen LogP contribution in [0.4, 0.5) is 8.78 Å². The van der Waals surface area contributed by atoms with Gasteiger partial charge in [-0.15, -0.1) is 0 Å². The molecule has 21 heavy (non-hydrogen) atoms. The highest BCUT2D eigenvalue weighted by Gasteiger charge is 2.13. The second kappa shape index (κ2) is 5.54. The first kappa shape index (κ1) is 14.2. The molecule has 2 aromatic carbocycles. The molecule has 108 valence electrons. The molecule has 0 aliphatic rings. The van der Waals surface area contributed by atoms with Crippen LogP contribution in [0, 0.1) is 11.6 Å². The van der Waals surface area contributed by atoms with Gasteiger partial charge in [0.15, 0.2) is 11.6 Å². The van der Waals surface area contributed by atoms with E-state index in [4.69, 9.17) is 0 Å². The molecule has 0 bridgehead atoms. The zero-order chi connectivity index (χ0) is 15.0. The Morgan fingerprint density at radius 1 is 1.19 bits per heavy atom. The van der Waals surface area contributed by atoms with Crippen LogP contribution in [-0.4, -0.2) is 14.9 Å². The standard InChI is InChI=1S/C15H11BrF2N2O/c16-11-2-1-3-14-10(11)7-20(19-14)8-15(21)9-4-5-12(17)13(18)6-9/h1-7,15,21H,8H2/t15-/m0/s1. The molecule has 0 saturated carbocycles. The molecule has 0 amide bonds. The van der Waals surface area contributed by atoms with Gasteiger partial charge in [0.25, 0.3) is 0 Å². The highest BCUT2D eigenvalue weighted by atomic mass is 79.9. The fourth-order valence-electron chi connectivity index (χ4n) is 2.15. The van der Waals surface area contributed by atoms with Crippen LogP contribution < -0.4 is 0 Å². The molecular formula is C15H11BrF2N2O. The van der Waals surface area contributed by atoms with Gasteiger partial charge in [0.1, 0.15) is 0 Å². The smallest absolute Gasteiger partial charge is 0.159 e. The van der Waals surface area contributed by atoms with Gasteiger partial charge in [0.05, 0.1) is 18.2 Å². The number of aliphatic hydroxyl groups is 1. The molecule has 3 aromatic rings. The third-order valence-electron chi connectivity index (χ3n) is 3.23. The first-order chi connectivity index (χ1) is 10.0. The summed E-state index contributed by atoms with van der Waals surface area (Å²) >= 11 is 3.43. The van der Waals surface area contributed by atoms with E-state index in [-0.39, 0.29) is 6.54 Å². The normalized spacial score (nSPS) is 12.8. The summed E-state index contributed by atoms with van der Waals surface area (Å²) in [6, 6.07) is 9.00. The van der Waals surface area contributed by atoms with Gasteiger partial charge in [-0.05, 0) is 29.8 Å². The van der Waals surface area contributed by atoms with Gasteiger partial charge in [-0.2, -0.15) is 5.10 Å². The lowest BCUT2D eigenvalue weighted by Crippen LogP contribution is -2.09. The molecule has 1 N–H and O–H groups in total. The van der Waals surface area contributed by atoms with E-state index in [0.717, 1.165) is 27.5 Å². The second-order valence-electron chi connectivity index (χ2n) is 4.71. The zero-order valence-corrected chi connectivity index (χ0v) is 12.4. The Labute approximate surface area is 128 Å². The maximum absolute atomic E-state index is 13.2. The average molecular weight is 353 g/mol. The Kier molecular flexibility index (Phi) is 3.73. The summed E-state index contributed by atoms with van der Waals surface area (Å²) in [5.41, 5.74) is 1.11. The molecule has 1 atom stereocenters. The Hall–Kier alpha value is -1.79. The topological polar surface area (TPSA) is 38.0 Å². The number of aliphatic hydroxyl groups excluding tert-OH is 1. The van der Waals surface area contributed by atoms with Gasteiger partial charge in [-0.3, -0.25) is 4.68 Å². The number of halogens is 3. The van der Waals surface area contributed by atoms with Crippen molar-refractivity contribution in [2.75, 3.05) is 0 Å².